The number of carboxylic acids is 1. The van der Waals surface area contributed by atoms with E-state index in [9.17, 15) is 19.5 Å². The van der Waals surface area contributed by atoms with Gasteiger partial charge in [0.05, 0.1) is 6.20 Å². The first-order valence-corrected chi connectivity index (χ1v) is 9.31. The fourth-order valence-electron chi connectivity index (χ4n) is 4.91. The molecule has 26 heavy (non-hydrogen) atoms. The molecule has 8 heteroatoms. The van der Waals surface area contributed by atoms with Crippen LogP contribution in [0.2, 0.25) is 0 Å². The Morgan fingerprint density at radius 3 is 2.58 bits per heavy atom. The SMILES string of the molecule is O=C(c1c[nH]c(=O)cn1)N1C[C@H]2CN(C3CCCCC3)C[C@@]2(C(=O)O)C1. The molecule has 0 unspecified atom stereocenters. The number of carbonyl (C=O) groups is 2. The zero-order valence-electron chi connectivity index (χ0n) is 14.7. The normalized spacial score (nSPS) is 29.7. The molecule has 0 bridgehead atoms. The summed E-state index contributed by atoms with van der Waals surface area (Å²) >= 11 is 0. The van der Waals surface area contributed by atoms with Crippen LogP contribution < -0.4 is 5.56 Å². The fraction of sp³-hybridized carbons (Fsp3) is 0.667. The quantitative estimate of drug-likeness (QED) is 0.816. The van der Waals surface area contributed by atoms with Crippen molar-refractivity contribution in [2.75, 3.05) is 26.2 Å². The summed E-state index contributed by atoms with van der Waals surface area (Å²) in [4.78, 5) is 46.2. The first-order chi connectivity index (χ1) is 12.5. The second-order valence-electron chi connectivity index (χ2n) is 7.86. The van der Waals surface area contributed by atoms with Crippen molar-refractivity contribution < 1.29 is 14.7 Å². The molecule has 1 amide bonds. The van der Waals surface area contributed by atoms with Crippen LogP contribution in [0.4, 0.5) is 0 Å². The number of aliphatic carboxylic acids is 1. The fourth-order valence-corrected chi connectivity index (χ4v) is 4.91. The van der Waals surface area contributed by atoms with Gasteiger partial charge in [-0.3, -0.25) is 19.3 Å². The Hall–Kier alpha value is -2.22. The lowest BCUT2D eigenvalue weighted by Crippen LogP contribution is -2.44. The summed E-state index contributed by atoms with van der Waals surface area (Å²) in [6.45, 7) is 1.88. The Morgan fingerprint density at radius 2 is 1.96 bits per heavy atom. The highest BCUT2D eigenvalue weighted by Crippen LogP contribution is 2.45. The molecule has 1 aliphatic carbocycles. The number of hydrogen-bond acceptors (Lipinski definition) is 5. The van der Waals surface area contributed by atoms with Crippen LogP contribution in [0.1, 0.15) is 42.6 Å². The molecule has 3 aliphatic rings. The summed E-state index contributed by atoms with van der Waals surface area (Å²) in [5.74, 6) is -1.19. The molecule has 1 aromatic heterocycles. The molecule has 0 radical (unpaired) electrons. The number of H-pyrrole nitrogens is 1. The van der Waals surface area contributed by atoms with Gasteiger partial charge in [0.1, 0.15) is 11.1 Å². The van der Waals surface area contributed by atoms with E-state index in [0.717, 1.165) is 25.6 Å². The average molecular weight is 360 g/mol. The number of carbonyl (C=O) groups excluding carboxylic acids is 1. The lowest BCUT2D eigenvalue weighted by molar-refractivity contribution is -0.148. The summed E-state index contributed by atoms with van der Waals surface area (Å²) in [6.07, 6.45) is 8.36. The van der Waals surface area contributed by atoms with Gasteiger partial charge in [0.2, 0.25) is 0 Å². The van der Waals surface area contributed by atoms with Crippen molar-refractivity contribution in [1.82, 2.24) is 19.8 Å². The van der Waals surface area contributed by atoms with Gasteiger partial charge >= 0.3 is 5.97 Å². The summed E-state index contributed by atoms with van der Waals surface area (Å²) in [6, 6.07) is 0.482. The van der Waals surface area contributed by atoms with Crippen molar-refractivity contribution in [3.05, 3.63) is 28.4 Å². The number of nitrogens with zero attached hydrogens (tertiary/aromatic N) is 3. The first-order valence-electron chi connectivity index (χ1n) is 9.31. The van der Waals surface area contributed by atoms with Gasteiger partial charge in [-0.1, -0.05) is 19.3 Å². The number of aromatic amines is 1. The highest BCUT2D eigenvalue weighted by molar-refractivity contribution is 5.93. The van der Waals surface area contributed by atoms with E-state index in [1.807, 2.05) is 0 Å². The third-order valence-corrected chi connectivity index (χ3v) is 6.33. The Kier molecular flexibility index (Phi) is 4.30. The zero-order chi connectivity index (χ0) is 18.3. The second kappa shape index (κ2) is 6.50. The molecule has 1 aromatic rings. The molecule has 1 saturated carbocycles. The third kappa shape index (κ3) is 2.82. The van der Waals surface area contributed by atoms with E-state index in [-0.39, 0.29) is 29.6 Å². The molecule has 2 atom stereocenters. The molecule has 3 heterocycles. The van der Waals surface area contributed by atoms with Crippen LogP contribution in [0.15, 0.2) is 17.2 Å². The minimum Gasteiger partial charge on any atom is -0.481 e. The number of rotatable bonds is 3. The van der Waals surface area contributed by atoms with Crippen molar-refractivity contribution in [2.24, 2.45) is 11.3 Å². The average Bonchev–Trinajstić information content (AvgIpc) is 3.18. The van der Waals surface area contributed by atoms with Gasteiger partial charge in [-0.2, -0.15) is 0 Å². The number of aromatic nitrogens is 2. The van der Waals surface area contributed by atoms with E-state index in [2.05, 4.69) is 14.9 Å². The first kappa shape index (κ1) is 17.2. The lowest BCUT2D eigenvalue weighted by Gasteiger charge is -2.33. The monoisotopic (exact) mass is 360 g/mol. The molecule has 3 fully saturated rings. The number of likely N-dealkylation sites (tertiary alicyclic amines) is 2. The standard InChI is InChI=1S/C18H24N4O4/c23-15-7-19-14(6-20-15)16(24)22-9-12-8-21(13-4-2-1-3-5-13)10-18(12,11-22)17(25)26/h6-7,12-13H,1-5,8-11H2,(H,20,23)(H,25,26)/t12-,18-/m1/s1. The van der Waals surface area contributed by atoms with E-state index < -0.39 is 11.4 Å². The Labute approximate surface area is 151 Å². The maximum Gasteiger partial charge on any atom is 0.313 e. The van der Waals surface area contributed by atoms with Crippen LogP contribution >= 0.6 is 0 Å². The third-order valence-electron chi connectivity index (χ3n) is 6.33. The van der Waals surface area contributed by atoms with E-state index in [1.54, 1.807) is 4.90 Å². The predicted molar refractivity (Wildman–Crippen MR) is 92.8 cm³/mol. The minimum atomic E-state index is -0.894. The second-order valence-corrected chi connectivity index (χ2v) is 7.86. The van der Waals surface area contributed by atoms with E-state index in [0.29, 0.717) is 19.1 Å². The van der Waals surface area contributed by atoms with Crippen molar-refractivity contribution >= 4 is 11.9 Å². The van der Waals surface area contributed by atoms with E-state index in [1.165, 1.54) is 25.5 Å². The Morgan fingerprint density at radius 1 is 1.19 bits per heavy atom. The molecule has 0 spiro atoms. The molecule has 4 rings (SSSR count). The van der Waals surface area contributed by atoms with Crippen LogP contribution in [-0.4, -0.2) is 69.0 Å². The van der Waals surface area contributed by atoms with Crippen molar-refractivity contribution in [3.8, 4) is 0 Å². The van der Waals surface area contributed by atoms with Crippen molar-refractivity contribution in [3.63, 3.8) is 0 Å². The maximum atomic E-state index is 12.7. The maximum absolute atomic E-state index is 12.7. The molecule has 8 nitrogen and oxygen atoms in total. The summed E-state index contributed by atoms with van der Waals surface area (Å²) in [5, 5.41) is 9.97. The van der Waals surface area contributed by atoms with Gasteiger partial charge in [0.25, 0.3) is 11.5 Å². The van der Waals surface area contributed by atoms with Gasteiger partial charge in [0, 0.05) is 44.3 Å². The van der Waals surface area contributed by atoms with Gasteiger partial charge < -0.3 is 15.0 Å². The van der Waals surface area contributed by atoms with Gasteiger partial charge in [-0.05, 0) is 12.8 Å². The smallest absolute Gasteiger partial charge is 0.313 e. The van der Waals surface area contributed by atoms with Crippen LogP contribution in [0.3, 0.4) is 0 Å². The van der Waals surface area contributed by atoms with Crippen LogP contribution in [0, 0.1) is 11.3 Å². The zero-order valence-corrected chi connectivity index (χ0v) is 14.7. The lowest BCUT2D eigenvalue weighted by atomic mass is 9.81. The molecular weight excluding hydrogens is 336 g/mol. The van der Waals surface area contributed by atoms with Gasteiger partial charge in [0.15, 0.2) is 0 Å². The molecule has 140 valence electrons. The number of carboxylic acid groups (broad SMARTS) is 1. The molecule has 0 aromatic carbocycles. The highest BCUT2D eigenvalue weighted by Gasteiger charge is 2.59. The Bertz CT molecular complexity index is 752. The largest absolute Gasteiger partial charge is 0.481 e. The summed E-state index contributed by atoms with van der Waals surface area (Å²) in [5.41, 5.74) is -1.12. The predicted octanol–water partition coefficient (Wildman–Crippen LogP) is 0.561. The van der Waals surface area contributed by atoms with Crippen LogP contribution in [-0.2, 0) is 4.79 Å². The number of hydrogen-bond donors (Lipinski definition) is 2. The number of fused-ring (bicyclic) bond motifs is 1. The van der Waals surface area contributed by atoms with Gasteiger partial charge in [-0.15, -0.1) is 0 Å². The topological polar surface area (TPSA) is 107 Å². The number of amides is 1. The van der Waals surface area contributed by atoms with Crippen molar-refractivity contribution in [1.29, 1.82) is 0 Å². The minimum absolute atomic E-state index is 0.0614. The van der Waals surface area contributed by atoms with Crippen molar-refractivity contribution in [2.45, 2.75) is 38.1 Å². The van der Waals surface area contributed by atoms with Gasteiger partial charge in [-0.25, -0.2) is 4.98 Å². The molecular formula is C18H24N4O4. The molecule has 2 N–H and O–H groups in total. The van der Waals surface area contributed by atoms with E-state index in [4.69, 9.17) is 0 Å². The van der Waals surface area contributed by atoms with Crippen LogP contribution in [0.25, 0.3) is 0 Å². The Balaban J connectivity index is 1.51. The highest BCUT2D eigenvalue weighted by atomic mass is 16.4. The summed E-state index contributed by atoms with van der Waals surface area (Å²) in [7, 11) is 0. The molecule has 2 saturated heterocycles. The molecule has 2 aliphatic heterocycles. The summed E-state index contributed by atoms with van der Waals surface area (Å²) < 4.78 is 0. The van der Waals surface area contributed by atoms with Crippen LogP contribution in [0.5, 0.6) is 0 Å². The van der Waals surface area contributed by atoms with E-state index >= 15 is 0 Å². The number of nitrogens with one attached hydrogen (secondary N) is 1.